The van der Waals surface area contributed by atoms with Crippen molar-refractivity contribution in [1.29, 1.82) is 0 Å². The Kier molecular flexibility index (Phi) is 2.95. The van der Waals surface area contributed by atoms with Gasteiger partial charge in [0.2, 0.25) is 0 Å². The Morgan fingerprint density at radius 1 is 1.16 bits per heavy atom. The number of fused-ring (bicyclic) bond motifs is 1. The first-order chi connectivity index (χ1) is 9.14. The van der Waals surface area contributed by atoms with Crippen LogP contribution < -0.4 is 4.31 Å². The lowest BCUT2D eigenvalue weighted by Crippen LogP contribution is -2.32. The molecule has 0 N–H and O–H groups in total. The molecule has 1 aromatic carbocycles. The molecule has 0 unspecified atom stereocenters. The number of sulfonamides is 1. The number of nitrogens with zero attached hydrogens (tertiary/aromatic N) is 1. The van der Waals surface area contributed by atoms with Gasteiger partial charge in [-0.05, 0) is 36.1 Å². The van der Waals surface area contributed by atoms with E-state index in [2.05, 4.69) is 0 Å². The van der Waals surface area contributed by atoms with Crippen LogP contribution in [0.1, 0.15) is 18.2 Å². The zero-order valence-corrected chi connectivity index (χ0v) is 12.0. The van der Waals surface area contributed by atoms with E-state index in [1.807, 2.05) is 48.7 Å². The number of benzene rings is 1. The third-order valence-electron chi connectivity index (χ3n) is 3.09. The van der Waals surface area contributed by atoms with E-state index in [4.69, 9.17) is 0 Å². The first kappa shape index (κ1) is 12.4. The maximum absolute atomic E-state index is 12.7. The monoisotopic (exact) mass is 291 g/mol. The molecule has 1 aromatic heterocycles. The molecule has 0 aliphatic carbocycles. The van der Waals surface area contributed by atoms with Gasteiger partial charge in [0, 0.05) is 10.6 Å². The van der Waals surface area contributed by atoms with Gasteiger partial charge >= 0.3 is 0 Å². The second-order valence-corrected chi connectivity index (χ2v) is 6.95. The summed E-state index contributed by atoms with van der Waals surface area (Å²) in [5.74, 6) is 0. The van der Waals surface area contributed by atoms with Gasteiger partial charge in [0.15, 0.2) is 0 Å². The Labute approximate surface area is 116 Å². The van der Waals surface area contributed by atoms with Gasteiger partial charge in [0.25, 0.3) is 10.0 Å². The standard InChI is InChI=1S/C14H13NO2S2/c1-2-11-10-13-14(8-9-18-13)19(16,17)15(11)12-6-4-3-5-7-12/h3-10H,2H2,1H3. The van der Waals surface area contributed by atoms with E-state index >= 15 is 0 Å². The molecule has 0 radical (unpaired) electrons. The van der Waals surface area contributed by atoms with Crippen LogP contribution in [0.15, 0.2) is 52.4 Å². The number of rotatable bonds is 2. The molecule has 2 heterocycles. The summed E-state index contributed by atoms with van der Waals surface area (Å²) in [4.78, 5) is 1.22. The molecule has 19 heavy (non-hydrogen) atoms. The second kappa shape index (κ2) is 4.51. The van der Waals surface area contributed by atoms with Gasteiger partial charge in [-0.15, -0.1) is 11.3 Å². The van der Waals surface area contributed by atoms with Gasteiger partial charge in [-0.3, -0.25) is 0 Å². The molecule has 0 saturated heterocycles. The summed E-state index contributed by atoms with van der Waals surface area (Å²) < 4.78 is 26.9. The molecule has 1 aliphatic rings. The molecular formula is C14H13NO2S2. The Hall–Kier alpha value is -1.59. The van der Waals surface area contributed by atoms with Gasteiger partial charge in [-0.25, -0.2) is 12.7 Å². The van der Waals surface area contributed by atoms with Crippen molar-refractivity contribution in [2.24, 2.45) is 0 Å². The maximum Gasteiger partial charge on any atom is 0.269 e. The van der Waals surface area contributed by atoms with Gasteiger partial charge in [0.05, 0.1) is 5.69 Å². The summed E-state index contributed by atoms with van der Waals surface area (Å²) in [6.07, 6.45) is 2.64. The summed E-state index contributed by atoms with van der Waals surface area (Å²) in [5, 5.41) is 1.82. The van der Waals surface area contributed by atoms with Crippen LogP contribution in [-0.2, 0) is 10.0 Å². The first-order valence-electron chi connectivity index (χ1n) is 6.03. The molecule has 0 saturated carbocycles. The highest BCUT2D eigenvalue weighted by Gasteiger charge is 2.33. The van der Waals surface area contributed by atoms with E-state index in [1.54, 1.807) is 6.07 Å². The van der Waals surface area contributed by atoms with E-state index in [-0.39, 0.29) is 0 Å². The minimum Gasteiger partial charge on any atom is -0.239 e. The highest BCUT2D eigenvalue weighted by Crippen LogP contribution is 2.38. The summed E-state index contributed by atoms with van der Waals surface area (Å²) in [5.41, 5.74) is 1.49. The highest BCUT2D eigenvalue weighted by molar-refractivity contribution is 7.93. The first-order valence-corrected chi connectivity index (χ1v) is 8.35. The third-order valence-corrected chi connectivity index (χ3v) is 5.92. The minimum atomic E-state index is -3.48. The number of thiophene rings is 1. The number of anilines is 1. The lowest BCUT2D eigenvalue weighted by molar-refractivity contribution is 0.593. The third kappa shape index (κ3) is 1.89. The van der Waals surface area contributed by atoms with Crippen molar-refractivity contribution in [3.63, 3.8) is 0 Å². The van der Waals surface area contributed by atoms with E-state index in [0.29, 0.717) is 17.0 Å². The Morgan fingerprint density at radius 2 is 1.89 bits per heavy atom. The fraction of sp³-hybridized carbons (Fsp3) is 0.143. The van der Waals surface area contributed by atoms with Gasteiger partial charge in [-0.2, -0.15) is 0 Å². The molecule has 0 fully saturated rings. The molecule has 3 nitrogen and oxygen atoms in total. The number of hydrogen-bond donors (Lipinski definition) is 0. The van der Waals surface area contributed by atoms with Crippen LogP contribution in [0.2, 0.25) is 0 Å². The van der Waals surface area contributed by atoms with Crippen molar-refractivity contribution >= 4 is 33.1 Å². The summed E-state index contributed by atoms with van der Waals surface area (Å²) in [6, 6.07) is 10.9. The van der Waals surface area contributed by atoms with Crippen molar-refractivity contribution < 1.29 is 8.42 Å². The molecule has 0 bridgehead atoms. The zero-order chi connectivity index (χ0) is 13.5. The topological polar surface area (TPSA) is 37.4 Å². The van der Waals surface area contributed by atoms with Crippen molar-refractivity contribution in [2.45, 2.75) is 18.2 Å². The lowest BCUT2D eigenvalue weighted by atomic mass is 10.2. The highest BCUT2D eigenvalue weighted by atomic mass is 32.2. The van der Waals surface area contributed by atoms with Crippen molar-refractivity contribution in [3.8, 4) is 0 Å². The average Bonchev–Trinajstić information content (AvgIpc) is 2.88. The normalized spacial score (nSPS) is 16.9. The zero-order valence-electron chi connectivity index (χ0n) is 10.4. The van der Waals surface area contributed by atoms with Gasteiger partial charge in [0.1, 0.15) is 4.90 Å². The minimum absolute atomic E-state index is 0.401. The molecule has 1 aliphatic heterocycles. The molecule has 98 valence electrons. The average molecular weight is 291 g/mol. The molecular weight excluding hydrogens is 278 g/mol. The smallest absolute Gasteiger partial charge is 0.239 e. The van der Waals surface area contributed by atoms with E-state index < -0.39 is 10.0 Å². The van der Waals surface area contributed by atoms with Gasteiger partial charge < -0.3 is 0 Å². The van der Waals surface area contributed by atoms with Crippen molar-refractivity contribution in [2.75, 3.05) is 4.31 Å². The summed E-state index contributed by atoms with van der Waals surface area (Å²) >= 11 is 1.46. The second-order valence-electron chi connectivity index (χ2n) is 4.24. The summed E-state index contributed by atoms with van der Waals surface area (Å²) in [7, 11) is -3.48. The predicted molar refractivity (Wildman–Crippen MR) is 78.7 cm³/mol. The van der Waals surface area contributed by atoms with Crippen LogP contribution in [0.4, 0.5) is 5.69 Å². The van der Waals surface area contributed by atoms with E-state index in [9.17, 15) is 8.42 Å². The largest absolute Gasteiger partial charge is 0.269 e. The van der Waals surface area contributed by atoms with Crippen LogP contribution in [0.25, 0.3) is 6.08 Å². The quantitative estimate of drug-likeness (QED) is 0.846. The number of allylic oxidation sites excluding steroid dienone is 1. The molecule has 3 rings (SSSR count). The molecule has 0 amide bonds. The SMILES string of the molecule is CCC1=Cc2sccc2S(=O)(=O)N1c1ccccc1. The van der Waals surface area contributed by atoms with Crippen LogP contribution >= 0.6 is 11.3 Å². The van der Waals surface area contributed by atoms with Crippen molar-refractivity contribution in [3.05, 3.63) is 52.4 Å². The Morgan fingerprint density at radius 3 is 2.58 bits per heavy atom. The maximum atomic E-state index is 12.7. The molecule has 2 aromatic rings. The molecule has 0 atom stereocenters. The van der Waals surface area contributed by atoms with Crippen LogP contribution in [0.3, 0.4) is 0 Å². The number of hydrogen-bond acceptors (Lipinski definition) is 3. The predicted octanol–water partition coefficient (Wildman–Crippen LogP) is 3.71. The van der Waals surface area contributed by atoms with Crippen LogP contribution in [0.5, 0.6) is 0 Å². The molecule has 0 spiro atoms. The fourth-order valence-corrected chi connectivity index (χ4v) is 5.13. The molecule has 5 heteroatoms. The fourth-order valence-electron chi connectivity index (χ4n) is 2.20. The van der Waals surface area contributed by atoms with Crippen molar-refractivity contribution in [1.82, 2.24) is 0 Å². The summed E-state index contributed by atoms with van der Waals surface area (Å²) in [6.45, 7) is 1.97. The van der Waals surface area contributed by atoms with Gasteiger partial charge in [-0.1, -0.05) is 25.1 Å². The van der Waals surface area contributed by atoms with E-state index in [0.717, 1.165) is 10.6 Å². The Bertz CT molecular complexity index is 730. The number of para-hydroxylation sites is 1. The van der Waals surface area contributed by atoms with Crippen LogP contribution in [0, 0.1) is 0 Å². The van der Waals surface area contributed by atoms with Crippen LogP contribution in [-0.4, -0.2) is 8.42 Å². The Balaban J connectivity index is 2.25. The lowest BCUT2D eigenvalue weighted by Gasteiger charge is -2.29. The van der Waals surface area contributed by atoms with E-state index in [1.165, 1.54) is 15.6 Å².